The van der Waals surface area contributed by atoms with Crippen LogP contribution in [-0.2, 0) is 0 Å². The molecule has 0 radical (unpaired) electrons. The SMILES string of the molecule is CC1CCN(c2nccnc2C2CN(C(=O)O)C2)C1. The Morgan fingerprint density at radius 3 is 2.68 bits per heavy atom. The zero-order valence-corrected chi connectivity index (χ0v) is 11.0. The van der Waals surface area contributed by atoms with Crippen LogP contribution >= 0.6 is 0 Å². The first-order valence-corrected chi connectivity index (χ1v) is 6.69. The van der Waals surface area contributed by atoms with Gasteiger partial charge >= 0.3 is 6.09 Å². The minimum absolute atomic E-state index is 0.190. The van der Waals surface area contributed by atoms with Crippen LogP contribution in [0.2, 0.25) is 0 Å². The lowest BCUT2D eigenvalue weighted by Gasteiger charge is -2.37. The molecule has 1 N–H and O–H groups in total. The number of rotatable bonds is 2. The number of likely N-dealkylation sites (tertiary alicyclic amines) is 1. The van der Waals surface area contributed by atoms with Crippen LogP contribution in [-0.4, -0.2) is 52.2 Å². The molecule has 2 saturated heterocycles. The number of hydrogen-bond acceptors (Lipinski definition) is 4. The van der Waals surface area contributed by atoms with E-state index in [9.17, 15) is 4.79 Å². The molecule has 19 heavy (non-hydrogen) atoms. The topological polar surface area (TPSA) is 69.6 Å². The Morgan fingerprint density at radius 2 is 2.05 bits per heavy atom. The predicted octanol–water partition coefficient (Wildman–Crippen LogP) is 1.40. The number of nitrogens with zero attached hydrogens (tertiary/aromatic N) is 4. The summed E-state index contributed by atoms with van der Waals surface area (Å²) < 4.78 is 0. The van der Waals surface area contributed by atoms with Gasteiger partial charge in [0.05, 0.1) is 5.69 Å². The molecule has 2 aliphatic heterocycles. The van der Waals surface area contributed by atoms with Crippen LogP contribution in [0.1, 0.15) is 25.0 Å². The number of carboxylic acid groups (broad SMARTS) is 1. The van der Waals surface area contributed by atoms with Crippen LogP contribution in [0, 0.1) is 5.92 Å². The molecular weight excluding hydrogens is 244 g/mol. The third kappa shape index (κ3) is 2.22. The monoisotopic (exact) mass is 262 g/mol. The van der Waals surface area contributed by atoms with E-state index in [4.69, 9.17) is 5.11 Å². The van der Waals surface area contributed by atoms with Gasteiger partial charge in [-0.3, -0.25) is 4.98 Å². The number of aromatic nitrogens is 2. The molecular formula is C13H18N4O2. The van der Waals surface area contributed by atoms with E-state index >= 15 is 0 Å². The fourth-order valence-electron chi connectivity index (χ4n) is 2.81. The molecule has 1 aromatic rings. The molecule has 2 fully saturated rings. The van der Waals surface area contributed by atoms with Crippen LogP contribution < -0.4 is 4.90 Å². The van der Waals surface area contributed by atoms with Gasteiger partial charge in [0.15, 0.2) is 5.82 Å². The van der Waals surface area contributed by atoms with Crippen LogP contribution in [0.25, 0.3) is 0 Å². The van der Waals surface area contributed by atoms with Gasteiger partial charge in [0.25, 0.3) is 0 Å². The quantitative estimate of drug-likeness (QED) is 0.872. The molecule has 3 heterocycles. The summed E-state index contributed by atoms with van der Waals surface area (Å²) in [6.45, 7) is 5.34. The second-order valence-electron chi connectivity index (χ2n) is 5.49. The fourth-order valence-corrected chi connectivity index (χ4v) is 2.81. The molecule has 0 aromatic carbocycles. The maximum atomic E-state index is 10.8. The van der Waals surface area contributed by atoms with E-state index in [1.54, 1.807) is 12.4 Å². The first-order valence-electron chi connectivity index (χ1n) is 6.69. The number of hydrogen-bond donors (Lipinski definition) is 1. The van der Waals surface area contributed by atoms with E-state index < -0.39 is 6.09 Å². The molecule has 0 spiro atoms. The Bertz CT molecular complexity index is 487. The van der Waals surface area contributed by atoms with Crippen molar-refractivity contribution in [1.29, 1.82) is 0 Å². The van der Waals surface area contributed by atoms with Gasteiger partial charge in [0.2, 0.25) is 0 Å². The smallest absolute Gasteiger partial charge is 0.407 e. The minimum Gasteiger partial charge on any atom is -0.465 e. The van der Waals surface area contributed by atoms with Crippen molar-refractivity contribution in [3.8, 4) is 0 Å². The van der Waals surface area contributed by atoms with E-state index in [-0.39, 0.29) is 5.92 Å². The summed E-state index contributed by atoms with van der Waals surface area (Å²) in [5, 5.41) is 8.89. The Kier molecular flexibility index (Phi) is 3.00. The molecule has 3 rings (SSSR count). The van der Waals surface area contributed by atoms with Crippen molar-refractivity contribution >= 4 is 11.9 Å². The van der Waals surface area contributed by atoms with Gasteiger partial charge in [-0.25, -0.2) is 9.78 Å². The third-order valence-corrected chi connectivity index (χ3v) is 3.97. The lowest BCUT2D eigenvalue weighted by Crippen LogP contribution is -2.48. The summed E-state index contributed by atoms with van der Waals surface area (Å²) >= 11 is 0. The molecule has 6 nitrogen and oxygen atoms in total. The summed E-state index contributed by atoms with van der Waals surface area (Å²) in [6.07, 6.45) is 3.75. The zero-order chi connectivity index (χ0) is 13.4. The van der Waals surface area contributed by atoms with Gasteiger partial charge in [-0.2, -0.15) is 0 Å². The van der Waals surface area contributed by atoms with Gasteiger partial charge in [0, 0.05) is 44.5 Å². The summed E-state index contributed by atoms with van der Waals surface area (Å²) in [6, 6.07) is 0. The summed E-state index contributed by atoms with van der Waals surface area (Å²) in [7, 11) is 0. The van der Waals surface area contributed by atoms with Gasteiger partial charge in [0.1, 0.15) is 0 Å². The Labute approximate surface area is 112 Å². The molecule has 6 heteroatoms. The summed E-state index contributed by atoms with van der Waals surface area (Å²) in [5.41, 5.74) is 0.953. The van der Waals surface area contributed by atoms with Crippen molar-refractivity contribution in [2.24, 2.45) is 5.92 Å². The van der Waals surface area contributed by atoms with Crippen LogP contribution in [0.5, 0.6) is 0 Å². The van der Waals surface area contributed by atoms with Crippen molar-refractivity contribution in [2.45, 2.75) is 19.3 Å². The molecule has 1 atom stereocenters. The number of anilines is 1. The largest absolute Gasteiger partial charge is 0.465 e. The Hall–Kier alpha value is -1.85. The molecule has 1 aromatic heterocycles. The molecule has 1 unspecified atom stereocenters. The van der Waals surface area contributed by atoms with Gasteiger partial charge in [-0.05, 0) is 12.3 Å². The second kappa shape index (κ2) is 4.68. The third-order valence-electron chi connectivity index (χ3n) is 3.97. The second-order valence-corrected chi connectivity index (χ2v) is 5.49. The number of carbonyl (C=O) groups is 1. The maximum absolute atomic E-state index is 10.8. The van der Waals surface area contributed by atoms with Gasteiger partial charge in [-0.1, -0.05) is 6.92 Å². The van der Waals surface area contributed by atoms with E-state index in [0.29, 0.717) is 19.0 Å². The lowest BCUT2D eigenvalue weighted by atomic mass is 9.96. The standard InChI is InChI=1S/C13H18N4O2/c1-9-2-5-16(6-9)12-11(14-3-4-15-12)10-7-17(8-10)13(18)19/h3-4,9-10H,2,5-8H2,1H3,(H,18,19). The summed E-state index contributed by atoms with van der Waals surface area (Å²) in [5.74, 6) is 1.82. The highest BCUT2D eigenvalue weighted by molar-refractivity contribution is 5.67. The predicted molar refractivity (Wildman–Crippen MR) is 70.4 cm³/mol. The highest BCUT2D eigenvalue weighted by Gasteiger charge is 2.36. The van der Waals surface area contributed by atoms with E-state index in [0.717, 1.165) is 24.6 Å². The number of amides is 1. The lowest BCUT2D eigenvalue weighted by molar-refractivity contribution is 0.104. The van der Waals surface area contributed by atoms with E-state index in [2.05, 4.69) is 21.8 Å². The molecule has 1 amide bonds. The average Bonchev–Trinajstić information content (AvgIpc) is 2.74. The Balaban J connectivity index is 1.77. The van der Waals surface area contributed by atoms with Crippen molar-refractivity contribution in [1.82, 2.24) is 14.9 Å². The highest BCUT2D eigenvalue weighted by atomic mass is 16.4. The molecule has 2 aliphatic rings. The fraction of sp³-hybridized carbons (Fsp3) is 0.615. The molecule has 102 valence electrons. The Morgan fingerprint density at radius 1 is 1.32 bits per heavy atom. The highest BCUT2D eigenvalue weighted by Crippen LogP contribution is 2.33. The molecule has 0 aliphatic carbocycles. The van der Waals surface area contributed by atoms with Crippen molar-refractivity contribution in [3.63, 3.8) is 0 Å². The summed E-state index contributed by atoms with van der Waals surface area (Å²) in [4.78, 5) is 23.4. The van der Waals surface area contributed by atoms with E-state index in [1.807, 2.05) is 0 Å². The minimum atomic E-state index is -0.850. The van der Waals surface area contributed by atoms with Crippen LogP contribution in [0.15, 0.2) is 12.4 Å². The van der Waals surface area contributed by atoms with Crippen LogP contribution in [0.3, 0.4) is 0 Å². The van der Waals surface area contributed by atoms with Gasteiger partial charge < -0.3 is 14.9 Å². The maximum Gasteiger partial charge on any atom is 0.407 e. The zero-order valence-electron chi connectivity index (χ0n) is 11.0. The molecule has 0 bridgehead atoms. The normalized spacial score (nSPS) is 23.5. The average molecular weight is 262 g/mol. The van der Waals surface area contributed by atoms with Crippen molar-refractivity contribution in [3.05, 3.63) is 18.1 Å². The molecule has 0 saturated carbocycles. The van der Waals surface area contributed by atoms with Crippen molar-refractivity contribution < 1.29 is 9.90 Å². The first kappa shape index (κ1) is 12.2. The van der Waals surface area contributed by atoms with E-state index in [1.165, 1.54) is 11.3 Å². The van der Waals surface area contributed by atoms with Gasteiger partial charge in [-0.15, -0.1) is 0 Å². The van der Waals surface area contributed by atoms with Crippen LogP contribution in [0.4, 0.5) is 10.6 Å². The first-order chi connectivity index (χ1) is 9.15. The van der Waals surface area contributed by atoms with Crippen molar-refractivity contribution in [2.75, 3.05) is 31.1 Å².